The van der Waals surface area contributed by atoms with E-state index < -0.39 is 0 Å². The monoisotopic (exact) mass is 152 g/mol. The summed E-state index contributed by atoms with van der Waals surface area (Å²) in [5.41, 5.74) is 0.328. The molecule has 0 aromatic carbocycles. The summed E-state index contributed by atoms with van der Waals surface area (Å²) in [6, 6.07) is 0. The minimum absolute atomic E-state index is 0.328. The van der Waals surface area contributed by atoms with Gasteiger partial charge in [-0.3, -0.25) is 4.79 Å². The molecule has 0 heterocycles. The average Bonchev–Trinajstić information content (AvgIpc) is 1.84. The topological polar surface area (TPSA) is 17.1 Å². The number of carbonyl (C=O) groups is 1. The van der Waals surface area contributed by atoms with Crippen LogP contribution in [0.5, 0.6) is 0 Å². The Bertz CT molecular complexity index is 205. The van der Waals surface area contributed by atoms with E-state index in [9.17, 15) is 4.79 Å². The van der Waals surface area contributed by atoms with Crippen molar-refractivity contribution in [1.29, 1.82) is 0 Å². The Morgan fingerprint density at radius 1 is 1.45 bits per heavy atom. The molecule has 1 nitrogen and oxygen atoms in total. The van der Waals surface area contributed by atoms with Crippen LogP contribution in [-0.2, 0) is 4.79 Å². The van der Waals surface area contributed by atoms with Gasteiger partial charge < -0.3 is 0 Å². The molecule has 1 heteroatoms. The summed E-state index contributed by atoms with van der Waals surface area (Å²) in [5, 5.41) is 0. The van der Waals surface area contributed by atoms with Gasteiger partial charge in [-0.15, -0.1) is 0 Å². The van der Waals surface area contributed by atoms with Gasteiger partial charge in [0.15, 0.2) is 0 Å². The Labute approximate surface area is 68.2 Å². The second-order valence-electron chi connectivity index (χ2n) is 4.86. The molecule has 0 saturated heterocycles. The number of Topliss-reactive ketones (excluding diaryl/α,β-unsaturated/α-hetero) is 1. The first-order valence-corrected chi connectivity index (χ1v) is 4.56. The summed E-state index contributed by atoms with van der Waals surface area (Å²) in [6.07, 6.45) is 2.02. The first-order chi connectivity index (χ1) is 5.03. The maximum atomic E-state index is 11.5. The van der Waals surface area contributed by atoms with Gasteiger partial charge in [0.2, 0.25) is 0 Å². The minimum atomic E-state index is 0.328. The highest BCUT2D eigenvalue weighted by Gasteiger charge is 2.56. The first kappa shape index (κ1) is 7.33. The van der Waals surface area contributed by atoms with Gasteiger partial charge in [0, 0.05) is 12.3 Å². The average molecular weight is 152 g/mol. The molecular weight excluding hydrogens is 136 g/mol. The van der Waals surface area contributed by atoms with Crippen LogP contribution in [0.3, 0.4) is 0 Å². The minimum Gasteiger partial charge on any atom is -0.299 e. The smallest absolute Gasteiger partial charge is 0.136 e. The molecule has 62 valence electrons. The molecule has 3 atom stereocenters. The summed E-state index contributed by atoms with van der Waals surface area (Å²) in [7, 11) is 0. The molecule has 0 aliphatic heterocycles. The third kappa shape index (κ3) is 0.743. The molecule has 1 unspecified atom stereocenters. The van der Waals surface area contributed by atoms with Gasteiger partial charge in [-0.2, -0.15) is 0 Å². The van der Waals surface area contributed by atoms with Crippen molar-refractivity contribution in [3.8, 4) is 0 Å². The number of rotatable bonds is 0. The van der Waals surface area contributed by atoms with Gasteiger partial charge in [0.05, 0.1) is 0 Å². The quantitative estimate of drug-likeness (QED) is 0.520. The van der Waals surface area contributed by atoms with E-state index in [0.29, 0.717) is 23.0 Å². The zero-order valence-corrected chi connectivity index (χ0v) is 7.55. The molecule has 0 spiro atoms. The van der Waals surface area contributed by atoms with Gasteiger partial charge in [-0.1, -0.05) is 20.8 Å². The van der Waals surface area contributed by atoms with Crippen LogP contribution in [0.4, 0.5) is 0 Å². The van der Waals surface area contributed by atoms with Crippen LogP contribution in [-0.4, -0.2) is 5.78 Å². The van der Waals surface area contributed by atoms with Crippen molar-refractivity contribution >= 4 is 5.78 Å². The number of hydrogen-bond acceptors (Lipinski definition) is 1. The third-order valence-electron chi connectivity index (χ3n) is 3.94. The van der Waals surface area contributed by atoms with Crippen LogP contribution in [0.15, 0.2) is 0 Å². The molecular formula is C10H16O. The fourth-order valence-corrected chi connectivity index (χ4v) is 3.07. The van der Waals surface area contributed by atoms with Crippen molar-refractivity contribution < 1.29 is 4.79 Å². The summed E-state index contributed by atoms with van der Waals surface area (Å²) in [5.74, 6) is 2.39. The number of fused-ring (bicyclic) bond motifs is 2. The molecule has 3 aliphatic carbocycles. The zero-order chi connectivity index (χ0) is 8.22. The molecule has 11 heavy (non-hydrogen) atoms. The van der Waals surface area contributed by atoms with Crippen LogP contribution in [0.1, 0.15) is 33.6 Å². The standard InChI is InChI=1S/C10H16O/c1-6-4-9(11)8-5-7(6)10(8,2)3/h6-8H,4-5H2,1-3H3/t6?,7-,8+/m0/s1. The van der Waals surface area contributed by atoms with E-state index >= 15 is 0 Å². The molecule has 0 N–H and O–H groups in total. The Morgan fingerprint density at radius 3 is 2.45 bits per heavy atom. The predicted molar refractivity (Wildman–Crippen MR) is 44.2 cm³/mol. The van der Waals surface area contributed by atoms with Gasteiger partial charge in [-0.05, 0) is 23.7 Å². The highest BCUT2D eigenvalue weighted by molar-refractivity contribution is 5.84. The van der Waals surface area contributed by atoms with Crippen LogP contribution in [0.2, 0.25) is 0 Å². The van der Waals surface area contributed by atoms with Crippen LogP contribution in [0.25, 0.3) is 0 Å². The summed E-state index contributed by atoms with van der Waals surface area (Å²) in [6.45, 7) is 6.72. The van der Waals surface area contributed by atoms with Crippen molar-refractivity contribution in [2.45, 2.75) is 33.6 Å². The van der Waals surface area contributed by atoms with Crippen LogP contribution >= 0.6 is 0 Å². The van der Waals surface area contributed by atoms with Crippen molar-refractivity contribution in [3.63, 3.8) is 0 Å². The van der Waals surface area contributed by atoms with E-state index in [1.165, 1.54) is 6.42 Å². The number of ketones is 1. The molecule has 0 radical (unpaired) electrons. The van der Waals surface area contributed by atoms with Crippen molar-refractivity contribution in [3.05, 3.63) is 0 Å². The van der Waals surface area contributed by atoms with Crippen molar-refractivity contribution in [1.82, 2.24) is 0 Å². The lowest BCUT2D eigenvalue weighted by atomic mass is 9.45. The lowest BCUT2D eigenvalue weighted by Crippen LogP contribution is -2.56. The lowest BCUT2D eigenvalue weighted by molar-refractivity contribution is -0.156. The van der Waals surface area contributed by atoms with E-state index in [1.54, 1.807) is 0 Å². The summed E-state index contributed by atoms with van der Waals surface area (Å²) >= 11 is 0. The van der Waals surface area contributed by atoms with Gasteiger partial charge >= 0.3 is 0 Å². The summed E-state index contributed by atoms with van der Waals surface area (Å²) < 4.78 is 0. The molecule has 3 aliphatic rings. The molecule has 3 fully saturated rings. The fourth-order valence-electron chi connectivity index (χ4n) is 3.07. The maximum Gasteiger partial charge on any atom is 0.136 e. The van der Waals surface area contributed by atoms with E-state index in [0.717, 1.165) is 12.3 Å². The Balaban J connectivity index is 2.26. The number of carbonyl (C=O) groups excluding carboxylic acids is 1. The molecule has 3 rings (SSSR count). The van der Waals surface area contributed by atoms with Crippen molar-refractivity contribution in [2.75, 3.05) is 0 Å². The zero-order valence-electron chi connectivity index (χ0n) is 7.55. The van der Waals surface area contributed by atoms with Crippen LogP contribution < -0.4 is 0 Å². The first-order valence-electron chi connectivity index (χ1n) is 4.56. The third-order valence-corrected chi connectivity index (χ3v) is 3.94. The van der Waals surface area contributed by atoms with Gasteiger partial charge in [-0.25, -0.2) is 0 Å². The van der Waals surface area contributed by atoms with Gasteiger partial charge in [0.1, 0.15) is 5.78 Å². The molecule has 2 bridgehead atoms. The van der Waals surface area contributed by atoms with E-state index in [4.69, 9.17) is 0 Å². The molecule has 0 aromatic rings. The van der Waals surface area contributed by atoms with E-state index in [1.807, 2.05) is 0 Å². The Hall–Kier alpha value is -0.330. The molecule has 3 saturated carbocycles. The second kappa shape index (κ2) is 1.88. The van der Waals surface area contributed by atoms with Gasteiger partial charge in [0.25, 0.3) is 0 Å². The predicted octanol–water partition coefficient (Wildman–Crippen LogP) is 2.26. The van der Waals surface area contributed by atoms with Crippen LogP contribution in [0, 0.1) is 23.2 Å². The van der Waals surface area contributed by atoms with E-state index in [2.05, 4.69) is 20.8 Å². The molecule has 0 aromatic heterocycles. The normalized spacial score (nSPS) is 46.8. The second-order valence-corrected chi connectivity index (χ2v) is 4.86. The Morgan fingerprint density at radius 2 is 2.09 bits per heavy atom. The maximum absolute atomic E-state index is 11.5. The fraction of sp³-hybridized carbons (Fsp3) is 0.900. The highest BCUT2D eigenvalue weighted by Crippen LogP contribution is 2.59. The molecule has 0 amide bonds. The van der Waals surface area contributed by atoms with E-state index in [-0.39, 0.29) is 0 Å². The number of hydrogen-bond donors (Lipinski definition) is 0. The van der Waals surface area contributed by atoms with Crippen molar-refractivity contribution in [2.24, 2.45) is 23.2 Å². The Kier molecular flexibility index (Phi) is 1.25. The highest BCUT2D eigenvalue weighted by atomic mass is 16.1. The lowest BCUT2D eigenvalue weighted by Gasteiger charge is -2.58. The SMILES string of the molecule is CC1CC(=O)[C@H]2C[C@@H]1C2(C)C. The largest absolute Gasteiger partial charge is 0.299 e. The summed E-state index contributed by atoms with van der Waals surface area (Å²) in [4.78, 5) is 11.5.